The van der Waals surface area contributed by atoms with Gasteiger partial charge in [-0.1, -0.05) is 125 Å². The summed E-state index contributed by atoms with van der Waals surface area (Å²) in [6.07, 6.45) is 17.9. The zero-order chi connectivity index (χ0) is 63.6. The molecule has 6 aliphatic carbocycles. The Balaban J connectivity index is 0.000000149. The third-order valence-corrected chi connectivity index (χ3v) is 19.5. The second-order valence-electron chi connectivity index (χ2n) is 26.8. The minimum atomic E-state index is -1.35. The van der Waals surface area contributed by atoms with Crippen LogP contribution in [0, 0.1) is 13.7 Å². The Morgan fingerprint density at radius 3 is 1.76 bits per heavy atom. The number of nitrogens with zero attached hydrogens (tertiary/aromatic N) is 3. The molecule has 466 valence electrons. The highest BCUT2D eigenvalue weighted by Gasteiger charge is 2.52. The molecule has 3 aromatic heterocycles. The van der Waals surface area contributed by atoms with Gasteiger partial charge in [0.1, 0.15) is 25.7 Å². The number of benzene rings is 3. The first kappa shape index (κ1) is 68.0. The van der Waals surface area contributed by atoms with Crippen LogP contribution in [0.2, 0.25) is 0 Å². The Hall–Kier alpha value is -5.97. The van der Waals surface area contributed by atoms with Crippen molar-refractivity contribution in [2.45, 2.75) is 189 Å². The zero-order valence-corrected chi connectivity index (χ0v) is 57.0. The van der Waals surface area contributed by atoms with Crippen molar-refractivity contribution >= 4 is 116 Å². The lowest BCUT2D eigenvalue weighted by Gasteiger charge is -2.45. The number of carbonyl (C=O) groups is 5. The van der Waals surface area contributed by atoms with Crippen molar-refractivity contribution in [3.63, 3.8) is 0 Å². The number of ether oxygens (including phenoxy) is 2. The number of rotatable bonds is 4. The van der Waals surface area contributed by atoms with Crippen LogP contribution >= 0.6 is 56.6 Å². The van der Waals surface area contributed by atoms with Crippen LogP contribution in [0.4, 0.5) is 21.2 Å². The number of carbonyl (C=O) groups excluding carboxylic acids is 5. The van der Waals surface area contributed by atoms with Crippen LogP contribution in [0.15, 0.2) is 113 Å². The summed E-state index contributed by atoms with van der Waals surface area (Å²) in [6.45, 7) is 19.4. The van der Waals surface area contributed by atoms with E-state index in [1.54, 1.807) is 22.4 Å². The molecule has 1 unspecified atom stereocenters. The fourth-order valence-electron chi connectivity index (χ4n) is 12.6. The number of fused-ring (bicyclic) bond motifs is 7. The first-order chi connectivity index (χ1) is 41.6. The molecule has 1 saturated carbocycles. The fourth-order valence-corrected chi connectivity index (χ4v) is 15.5. The van der Waals surface area contributed by atoms with E-state index in [0.29, 0.717) is 42.2 Å². The summed E-state index contributed by atoms with van der Waals surface area (Å²) in [6, 6.07) is 25.2. The summed E-state index contributed by atoms with van der Waals surface area (Å²) in [5.41, 5.74) is 17.3. The quantitative estimate of drug-likeness (QED) is 0.0739. The lowest BCUT2D eigenvalue weighted by Crippen LogP contribution is -2.42. The predicted molar refractivity (Wildman–Crippen MR) is 364 cm³/mol. The summed E-state index contributed by atoms with van der Waals surface area (Å²) in [5, 5.41) is 23.8. The third kappa shape index (κ3) is 17.9. The van der Waals surface area contributed by atoms with Crippen LogP contribution < -0.4 is 10.6 Å². The molecule has 3 heterocycles. The number of Topliss-reactive ketones (excluding diaryl/α,β-unsaturated/α-hetero) is 3. The minimum Gasteiger partial charge on any atom is -0.444 e. The molecular formula is C69H83BIN5O9S3. The van der Waals surface area contributed by atoms with Gasteiger partial charge >= 0.3 is 19.3 Å². The summed E-state index contributed by atoms with van der Waals surface area (Å²) >= 11 is 6.88. The number of nitrogens with one attached hydrogen (secondary N) is 2. The van der Waals surface area contributed by atoms with E-state index in [4.69, 9.17) is 14.5 Å². The fraction of sp³-hybridized carbons (Fsp3) is 0.449. The molecule has 6 aromatic rings. The Morgan fingerprint density at radius 2 is 1.15 bits per heavy atom. The number of allylic oxidation sites excluding steroid dienone is 4. The summed E-state index contributed by atoms with van der Waals surface area (Å²) in [4.78, 5) is 74.0. The van der Waals surface area contributed by atoms with Crippen molar-refractivity contribution in [1.29, 1.82) is 0 Å². The van der Waals surface area contributed by atoms with E-state index >= 15 is 0 Å². The van der Waals surface area contributed by atoms with Crippen LogP contribution in [0.3, 0.4) is 0 Å². The molecular weight excluding hydrogens is 1280 g/mol. The van der Waals surface area contributed by atoms with Crippen LogP contribution in [0.5, 0.6) is 0 Å². The minimum absolute atomic E-state index is 0.0644. The molecule has 3 aromatic carbocycles. The molecule has 0 bridgehead atoms. The van der Waals surface area contributed by atoms with E-state index < -0.39 is 30.5 Å². The molecule has 4 N–H and O–H groups in total. The van der Waals surface area contributed by atoms with Crippen molar-refractivity contribution in [3.05, 3.63) is 164 Å². The largest absolute Gasteiger partial charge is 0.488 e. The Labute approximate surface area is 544 Å². The molecule has 2 amide bonds. The normalized spacial score (nSPS) is 18.9. The number of ketones is 3. The number of thiazole rings is 3. The van der Waals surface area contributed by atoms with Crippen molar-refractivity contribution in [1.82, 2.24) is 15.0 Å². The number of hydrogen-bond donors (Lipinski definition) is 4. The van der Waals surface area contributed by atoms with Gasteiger partial charge < -0.3 is 19.5 Å². The van der Waals surface area contributed by atoms with Gasteiger partial charge in [-0.15, -0.1) is 34.0 Å². The van der Waals surface area contributed by atoms with Gasteiger partial charge in [-0.2, -0.15) is 0 Å². The molecule has 88 heavy (non-hydrogen) atoms. The molecule has 1 atom stereocenters. The molecule has 1 fully saturated rings. The second kappa shape index (κ2) is 29.3. The van der Waals surface area contributed by atoms with Crippen molar-refractivity contribution in [2.24, 2.45) is 10.8 Å². The van der Waals surface area contributed by atoms with Crippen LogP contribution in [-0.4, -0.2) is 72.9 Å². The van der Waals surface area contributed by atoms with Crippen LogP contribution in [-0.2, 0) is 55.0 Å². The van der Waals surface area contributed by atoms with Gasteiger partial charge in [0, 0.05) is 36.1 Å². The van der Waals surface area contributed by atoms with E-state index in [2.05, 4.69) is 118 Å². The third-order valence-electron chi connectivity index (χ3n) is 15.8. The Kier molecular flexibility index (Phi) is 22.6. The van der Waals surface area contributed by atoms with Gasteiger partial charge in [-0.25, -0.2) is 24.5 Å². The average molecular weight is 1360 g/mol. The number of aryl methyl sites for hydroxylation is 3. The number of aromatic nitrogens is 3. The summed E-state index contributed by atoms with van der Waals surface area (Å²) in [5.74, 6) is 1.71. The standard InChI is InChI=1S/C23H25NOS.C19H22N2O2S.C11H13BO2.C8H11IN2O2S.C8H12O2/c1-22(2)12-16-11-18-21(26-14-24-18)23(20(16)19(25)13-22)10-6-5-8-15-7-3-4-9-17(15)23;1-19(2,3)23-18(22)21-17-16(24-12-20-17)15-11-7-5-9-13-8-4-6-10-14(13)15;13-12(14)11-8-4-2-6-9-5-1-3-7-10(9)11;1-8(2,3)13-7(12)11-6-5(9)14-4-10-6;1-8(2)4-6(9)3-7(10)5-8/h3-4,7,9,14H,5-6,8,10-13H2,1-2H3;4,6,8,10-12H,5,7,9H2,1-3H3,(H,21,22);1,3,5,7-8,13-14H,2,4,6H2;4H,1-3H3,(H,11,12);3-5H2,1-2H3. The molecule has 0 radical (unpaired) electrons. The van der Waals surface area contributed by atoms with Crippen molar-refractivity contribution in [3.8, 4) is 0 Å². The highest BCUT2D eigenvalue weighted by Crippen LogP contribution is 2.57. The second-order valence-corrected chi connectivity index (χ2v) is 31.1. The van der Waals surface area contributed by atoms with Crippen LogP contribution in [0.1, 0.15) is 195 Å². The van der Waals surface area contributed by atoms with Gasteiger partial charge in [0.25, 0.3) is 0 Å². The van der Waals surface area contributed by atoms with E-state index in [0.717, 1.165) is 88.7 Å². The maximum atomic E-state index is 13.5. The van der Waals surface area contributed by atoms with Gasteiger partial charge in [0.2, 0.25) is 0 Å². The lowest BCUT2D eigenvalue weighted by molar-refractivity contribution is -0.133. The van der Waals surface area contributed by atoms with Gasteiger partial charge in [-0.3, -0.25) is 25.0 Å². The molecule has 14 nitrogen and oxygen atoms in total. The van der Waals surface area contributed by atoms with E-state index in [1.807, 2.05) is 85.2 Å². The molecule has 6 aliphatic rings. The van der Waals surface area contributed by atoms with Gasteiger partial charge in [0.15, 0.2) is 17.4 Å². The molecule has 0 aliphatic heterocycles. The van der Waals surface area contributed by atoms with E-state index in [-0.39, 0.29) is 34.2 Å². The highest BCUT2D eigenvalue weighted by atomic mass is 127. The lowest BCUT2D eigenvalue weighted by atomic mass is 9.58. The summed E-state index contributed by atoms with van der Waals surface area (Å²) < 4.78 is 11.4. The molecule has 1 spiro atoms. The SMILES string of the molecule is CC(C)(C)OC(=O)Nc1ncsc1C1=CCCCc2ccccc21.CC(C)(C)OC(=O)Nc1ncsc1I.CC1(C)CC(=O)C2=C(Cc3ncsc3C23CCCCc2ccccc23)C1.CC1(C)CC(=O)CC(=O)C1.OB(O)C1=CCCCc2ccccc21. The number of anilines is 2. The van der Waals surface area contributed by atoms with E-state index in [1.165, 1.54) is 79.5 Å². The van der Waals surface area contributed by atoms with Crippen LogP contribution in [0.25, 0.3) is 11.0 Å². The first-order valence-corrected chi connectivity index (χ1v) is 34.1. The number of amides is 2. The maximum absolute atomic E-state index is 13.5. The predicted octanol–water partition coefficient (Wildman–Crippen LogP) is 16.5. The van der Waals surface area contributed by atoms with Crippen molar-refractivity contribution in [2.75, 3.05) is 10.6 Å². The highest BCUT2D eigenvalue weighted by molar-refractivity contribution is 14.1. The molecule has 19 heteroatoms. The first-order valence-electron chi connectivity index (χ1n) is 30.4. The topological polar surface area (TPSA) is 207 Å². The summed E-state index contributed by atoms with van der Waals surface area (Å²) in [7, 11) is -1.35. The Bertz CT molecular complexity index is 3580. The molecule has 12 rings (SSSR count). The smallest absolute Gasteiger partial charge is 0.444 e. The monoisotopic (exact) mass is 1360 g/mol. The average Bonchev–Trinajstić information content (AvgIpc) is 1.50. The van der Waals surface area contributed by atoms with Gasteiger partial charge in [-0.05, 0) is 184 Å². The zero-order valence-electron chi connectivity index (χ0n) is 52.4. The van der Waals surface area contributed by atoms with Gasteiger partial charge in [0.05, 0.1) is 38.9 Å². The number of halogens is 1. The van der Waals surface area contributed by atoms with E-state index in [9.17, 15) is 34.0 Å². The Morgan fingerprint density at radius 1 is 0.614 bits per heavy atom. The molecule has 0 saturated heterocycles. The maximum Gasteiger partial charge on any atom is 0.488 e. The number of hydrogen-bond acceptors (Lipinski definition) is 15. The van der Waals surface area contributed by atoms with Crippen molar-refractivity contribution < 1.29 is 43.5 Å².